The molecule has 132 valence electrons. The zero-order valence-corrected chi connectivity index (χ0v) is 14.4. The molecule has 1 atom stereocenters. The van der Waals surface area contributed by atoms with E-state index in [1.54, 1.807) is 18.2 Å². The molecule has 0 saturated carbocycles. The number of H-pyrrole nitrogens is 1. The van der Waals surface area contributed by atoms with E-state index in [0.717, 1.165) is 0 Å². The number of hydrogen-bond donors (Lipinski definition) is 2. The van der Waals surface area contributed by atoms with Crippen molar-refractivity contribution in [3.8, 4) is 5.88 Å². The van der Waals surface area contributed by atoms with Crippen molar-refractivity contribution >= 4 is 11.9 Å². The van der Waals surface area contributed by atoms with Crippen molar-refractivity contribution in [2.24, 2.45) is 10.9 Å². The van der Waals surface area contributed by atoms with E-state index >= 15 is 0 Å². The Morgan fingerprint density at radius 3 is 2.80 bits per heavy atom. The second kappa shape index (κ2) is 6.33. The van der Waals surface area contributed by atoms with Gasteiger partial charge in [0.15, 0.2) is 0 Å². The first kappa shape index (κ1) is 17.2. The van der Waals surface area contributed by atoms with Gasteiger partial charge in [0.05, 0.1) is 12.8 Å². The maximum Gasteiger partial charge on any atom is 0.399 e. The quantitative estimate of drug-likeness (QED) is 0.632. The van der Waals surface area contributed by atoms with Gasteiger partial charge in [-0.05, 0) is 12.0 Å². The average Bonchev–Trinajstić information content (AvgIpc) is 2.89. The summed E-state index contributed by atoms with van der Waals surface area (Å²) in [5.41, 5.74) is -0.242. The number of methoxy groups -OCH3 is 1. The Hall–Kier alpha value is -2.67. The SMILES string of the molecule is COc1c(CC2(O)C=Nc3ccccc32)[nH]c(=O)c(CC(C)C)[n+]1[O-]. The van der Waals surface area contributed by atoms with E-state index < -0.39 is 11.2 Å². The number of aromatic amines is 1. The third kappa shape index (κ3) is 3.02. The lowest BCUT2D eigenvalue weighted by atomic mass is 9.91. The monoisotopic (exact) mass is 343 g/mol. The number of aliphatic hydroxyl groups is 1. The molecule has 0 bridgehead atoms. The lowest BCUT2D eigenvalue weighted by Gasteiger charge is -2.21. The summed E-state index contributed by atoms with van der Waals surface area (Å²) < 4.78 is 5.74. The number of aromatic nitrogens is 2. The molecule has 3 rings (SSSR count). The summed E-state index contributed by atoms with van der Waals surface area (Å²) >= 11 is 0. The Kier molecular flexibility index (Phi) is 4.34. The van der Waals surface area contributed by atoms with Crippen LogP contribution in [0.2, 0.25) is 0 Å². The van der Waals surface area contributed by atoms with Gasteiger partial charge >= 0.3 is 11.4 Å². The highest BCUT2D eigenvalue weighted by Gasteiger charge is 2.37. The first-order valence-electron chi connectivity index (χ1n) is 8.14. The van der Waals surface area contributed by atoms with E-state index in [1.807, 2.05) is 19.9 Å². The fourth-order valence-electron chi connectivity index (χ4n) is 3.10. The van der Waals surface area contributed by atoms with Crippen LogP contribution in [0, 0.1) is 11.1 Å². The van der Waals surface area contributed by atoms with Gasteiger partial charge in [0, 0.05) is 24.6 Å². The summed E-state index contributed by atoms with van der Waals surface area (Å²) in [5, 5.41) is 23.5. The van der Waals surface area contributed by atoms with Gasteiger partial charge < -0.3 is 20.0 Å². The van der Waals surface area contributed by atoms with Crippen LogP contribution in [0.3, 0.4) is 0 Å². The highest BCUT2D eigenvalue weighted by atomic mass is 16.5. The van der Waals surface area contributed by atoms with Crippen molar-refractivity contribution in [1.82, 2.24) is 4.98 Å². The van der Waals surface area contributed by atoms with Gasteiger partial charge in [-0.3, -0.25) is 9.79 Å². The van der Waals surface area contributed by atoms with Crippen molar-refractivity contribution in [2.75, 3.05) is 7.11 Å². The average molecular weight is 343 g/mol. The molecule has 0 saturated heterocycles. The number of ether oxygens (including phenoxy) is 1. The minimum atomic E-state index is -1.40. The zero-order valence-electron chi connectivity index (χ0n) is 14.4. The van der Waals surface area contributed by atoms with Crippen molar-refractivity contribution < 1.29 is 14.6 Å². The Morgan fingerprint density at radius 1 is 1.40 bits per heavy atom. The fraction of sp³-hybridized carbons (Fsp3) is 0.389. The zero-order chi connectivity index (χ0) is 18.2. The standard InChI is InChI=1S/C18H21N3O4/c1-11(2)8-15-16(22)20-14(17(25-3)21(15)24)9-18(23)10-19-13-7-5-4-6-12(13)18/h4-7,10-11,23H,8-9H2,1-3H3,(H,20,22). The van der Waals surface area contributed by atoms with Gasteiger partial charge in [-0.1, -0.05) is 32.0 Å². The third-order valence-corrected chi connectivity index (χ3v) is 4.24. The number of rotatable bonds is 5. The van der Waals surface area contributed by atoms with Crippen molar-refractivity contribution in [1.29, 1.82) is 0 Å². The fourth-order valence-corrected chi connectivity index (χ4v) is 3.10. The molecule has 2 aromatic rings. The van der Waals surface area contributed by atoms with E-state index in [1.165, 1.54) is 13.3 Å². The van der Waals surface area contributed by atoms with E-state index in [9.17, 15) is 15.1 Å². The first-order valence-corrected chi connectivity index (χ1v) is 8.14. The molecule has 1 aromatic heterocycles. The van der Waals surface area contributed by atoms with Crippen LogP contribution in [-0.4, -0.2) is 23.4 Å². The molecule has 1 aliphatic heterocycles. The maximum absolute atomic E-state index is 12.6. The number of nitrogens with one attached hydrogen (secondary N) is 1. The molecule has 25 heavy (non-hydrogen) atoms. The predicted molar refractivity (Wildman–Crippen MR) is 93.3 cm³/mol. The summed E-state index contributed by atoms with van der Waals surface area (Å²) in [7, 11) is 1.37. The largest absolute Gasteiger partial charge is 0.616 e. The molecule has 1 unspecified atom stereocenters. The lowest BCUT2D eigenvalue weighted by Crippen LogP contribution is -2.44. The number of fused-ring (bicyclic) bond motifs is 1. The Morgan fingerprint density at radius 2 is 2.12 bits per heavy atom. The molecule has 1 aromatic carbocycles. The summed E-state index contributed by atoms with van der Waals surface area (Å²) in [5.74, 6) is 0.135. The van der Waals surface area contributed by atoms with Crippen LogP contribution < -0.4 is 15.0 Å². The molecule has 0 aliphatic carbocycles. The molecule has 7 nitrogen and oxygen atoms in total. The Labute approximate surface area is 145 Å². The highest BCUT2D eigenvalue weighted by molar-refractivity contribution is 5.83. The summed E-state index contributed by atoms with van der Waals surface area (Å²) in [6, 6.07) is 7.20. The first-order chi connectivity index (χ1) is 11.9. The summed E-state index contributed by atoms with van der Waals surface area (Å²) in [6.45, 7) is 3.85. The van der Waals surface area contributed by atoms with Crippen molar-refractivity contribution in [3.05, 3.63) is 56.8 Å². The van der Waals surface area contributed by atoms with Gasteiger partial charge in [0.1, 0.15) is 11.3 Å². The smallest absolute Gasteiger partial charge is 0.399 e. The molecule has 0 radical (unpaired) electrons. The summed E-state index contributed by atoms with van der Waals surface area (Å²) in [4.78, 5) is 19.3. The topological polar surface area (TPSA) is 102 Å². The van der Waals surface area contributed by atoms with Crippen molar-refractivity contribution in [2.45, 2.75) is 32.3 Å². The molecule has 7 heteroatoms. The van der Waals surface area contributed by atoms with Gasteiger partial charge in [-0.2, -0.15) is 0 Å². The molecular weight excluding hydrogens is 322 g/mol. The van der Waals surface area contributed by atoms with Gasteiger partial charge in [-0.25, -0.2) is 0 Å². The molecule has 0 amide bonds. The van der Waals surface area contributed by atoms with Crippen LogP contribution in [0.5, 0.6) is 5.88 Å². The molecular formula is C18H21N3O4. The highest BCUT2D eigenvalue weighted by Crippen LogP contribution is 2.37. The van der Waals surface area contributed by atoms with E-state index in [-0.39, 0.29) is 29.6 Å². The van der Waals surface area contributed by atoms with E-state index in [0.29, 0.717) is 22.4 Å². The van der Waals surface area contributed by atoms with Crippen LogP contribution in [0.15, 0.2) is 34.1 Å². The minimum Gasteiger partial charge on any atom is -0.616 e. The lowest BCUT2D eigenvalue weighted by molar-refractivity contribution is -0.623. The van der Waals surface area contributed by atoms with Crippen LogP contribution in [-0.2, 0) is 18.4 Å². The summed E-state index contributed by atoms with van der Waals surface area (Å²) in [6.07, 6.45) is 1.74. The number of nitrogens with zero attached hydrogens (tertiary/aromatic N) is 2. The number of hydrogen-bond acceptors (Lipinski definition) is 5. The third-order valence-electron chi connectivity index (χ3n) is 4.24. The van der Waals surface area contributed by atoms with Gasteiger partial charge in [0.25, 0.3) is 5.69 Å². The second-order valence-electron chi connectivity index (χ2n) is 6.66. The molecule has 0 spiro atoms. The van der Waals surface area contributed by atoms with Crippen LogP contribution in [0.1, 0.15) is 30.8 Å². The number of benzene rings is 1. The number of aliphatic imine (C=N–C) groups is 1. The van der Waals surface area contributed by atoms with Crippen LogP contribution in [0.25, 0.3) is 0 Å². The van der Waals surface area contributed by atoms with E-state index in [4.69, 9.17) is 4.74 Å². The Balaban J connectivity index is 2.04. The predicted octanol–water partition coefficient (Wildman–Crippen LogP) is 1.36. The molecule has 2 heterocycles. The van der Waals surface area contributed by atoms with E-state index in [2.05, 4.69) is 9.98 Å². The normalized spacial score (nSPS) is 18.6. The second-order valence-corrected chi connectivity index (χ2v) is 6.66. The van der Waals surface area contributed by atoms with Gasteiger partial charge in [0.2, 0.25) is 0 Å². The molecule has 2 N–H and O–H groups in total. The van der Waals surface area contributed by atoms with Crippen LogP contribution >= 0.6 is 0 Å². The molecule has 1 aliphatic rings. The van der Waals surface area contributed by atoms with Gasteiger partial charge in [-0.15, -0.1) is 4.73 Å². The molecule has 0 fully saturated rings. The van der Waals surface area contributed by atoms with Crippen LogP contribution in [0.4, 0.5) is 5.69 Å². The minimum absolute atomic E-state index is 0.0125. The van der Waals surface area contributed by atoms with Crippen molar-refractivity contribution in [3.63, 3.8) is 0 Å². The number of para-hydroxylation sites is 1. The maximum atomic E-state index is 12.6. The Bertz CT molecular complexity index is 888.